The maximum atomic E-state index is 5.68. The highest BCUT2D eigenvalue weighted by Crippen LogP contribution is 2.48. The number of benzene rings is 3. The number of rotatable bonds is 4. The zero-order valence-electron chi connectivity index (χ0n) is 19.1. The molecule has 0 aromatic heterocycles. The predicted molar refractivity (Wildman–Crippen MR) is 124 cm³/mol. The number of fused-ring (bicyclic) bond motifs is 7. The average Bonchev–Trinajstić information content (AvgIpc) is 2.80. The smallest absolute Gasteiger partial charge is 0.161 e. The van der Waals surface area contributed by atoms with Crippen molar-refractivity contribution in [2.75, 3.05) is 35.0 Å². The van der Waals surface area contributed by atoms with Crippen molar-refractivity contribution in [2.45, 2.75) is 44.7 Å². The van der Waals surface area contributed by atoms with Crippen molar-refractivity contribution >= 4 is 21.5 Å². The van der Waals surface area contributed by atoms with Gasteiger partial charge in [0, 0.05) is 12.1 Å². The first-order chi connectivity index (χ1) is 15.0. The summed E-state index contributed by atoms with van der Waals surface area (Å²) in [7, 11) is 6.78. The Morgan fingerprint density at radius 1 is 0.677 bits per heavy atom. The van der Waals surface area contributed by atoms with Gasteiger partial charge in [-0.05, 0) is 89.7 Å². The fourth-order valence-electron chi connectivity index (χ4n) is 5.69. The second-order valence-electron chi connectivity index (χ2n) is 9.02. The van der Waals surface area contributed by atoms with Crippen LogP contribution in [0.5, 0.6) is 23.0 Å². The molecule has 3 aromatic rings. The summed E-state index contributed by atoms with van der Waals surface area (Å²) in [6, 6.07) is 8.52. The molecule has 0 N–H and O–H groups in total. The molecular formula is C26H31NO4. The molecule has 0 bridgehead atoms. The van der Waals surface area contributed by atoms with Gasteiger partial charge in [-0.15, -0.1) is 0 Å². The van der Waals surface area contributed by atoms with Crippen molar-refractivity contribution in [3.05, 3.63) is 35.4 Å². The Balaban J connectivity index is 1.89. The summed E-state index contributed by atoms with van der Waals surface area (Å²) in [6.45, 7) is 4.55. The lowest BCUT2D eigenvalue weighted by Gasteiger charge is -2.49. The van der Waals surface area contributed by atoms with Crippen molar-refractivity contribution < 1.29 is 18.9 Å². The number of hydrogen-bond donors (Lipinski definition) is 0. The highest BCUT2D eigenvalue weighted by Gasteiger charge is 2.40. The fraction of sp³-hybridized carbons (Fsp3) is 0.462. The van der Waals surface area contributed by atoms with Crippen LogP contribution in [0.4, 0.5) is 0 Å². The molecule has 0 amide bonds. The highest BCUT2D eigenvalue weighted by atomic mass is 16.5. The van der Waals surface area contributed by atoms with E-state index in [1.54, 1.807) is 28.4 Å². The first-order valence-electron chi connectivity index (χ1n) is 11.0. The molecule has 1 fully saturated rings. The van der Waals surface area contributed by atoms with Crippen LogP contribution in [0, 0.1) is 0 Å². The second kappa shape index (κ2) is 7.49. The van der Waals surface area contributed by atoms with Crippen molar-refractivity contribution in [3.8, 4) is 23.0 Å². The summed E-state index contributed by atoms with van der Waals surface area (Å²) in [5.74, 6) is 3.02. The SMILES string of the molecule is COc1cc2c3c(c4cc(OC)c(OC)cc4c2cc1OC)C[C@@]1(C)CCCCN1C3. The van der Waals surface area contributed by atoms with E-state index in [0.717, 1.165) is 47.9 Å². The molecule has 0 aliphatic carbocycles. The van der Waals surface area contributed by atoms with E-state index in [4.69, 9.17) is 18.9 Å². The minimum Gasteiger partial charge on any atom is -0.493 e. The Morgan fingerprint density at radius 3 is 1.68 bits per heavy atom. The lowest BCUT2D eigenvalue weighted by atomic mass is 9.75. The van der Waals surface area contributed by atoms with Crippen molar-refractivity contribution in [1.82, 2.24) is 4.90 Å². The third kappa shape index (κ3) is 3.01. The zero-order valence-corrected chi connectivity index (χ0v) is 19.1. The Hall–Kier alpha value is -2.66. The van der Waals surface area contributed by atoms with E-state index in [0.29, 0.717) is 0 Å². The summed E-state index contributed by atoms with van der Waals surface area (Å²) in [5, 5.41) is 4.81. The van der Waals surface area contributed by atoms with Crippen LogP contribution in [0.15, 0.2) is 24.3 Å². The predicted octanol–water partition coefficient (Wildman–Crippen LogP) is 5.33. The summed E-state index contributed by atoms with van der Waals surface area (Å²) in [5.41, 5.74) is 3.03. The maximum absolute atomic E-state index is 5.68. The van der Waals surface area contributed by atoms with Crippen LogP contribution in [0.25, 0.3) is 21.5 Å². The third-order valence-corrected chi connectivity index (χ3v) is 7.42. The largest absolute Gasteiger partial charge is 0.493 e. The van der Waals surface area contributed by atoms with Crippen molar-refractivity contribution in [1.29, 1.82) is 0 Å². The van der Waals surface area contributed by atoms with E-state index in [2.05, 4.69) is 36.1 Å². The molecule has 2 heterocycles. The molecular weight excluding hydrogens is 390 g/mol. The maximum Gasteiger partial charge on any atom is 0.161 e. The summed E-state index contributed by atoms with van der Waals surface area (Å²) in [6.07, 6.45) is 4.86. The molecule has 2 aliphatic rings. The lowest BCUT2D eigenvalue weighted by molar-refractivity contribution is 0.0440. The minimum atomic E-state index is 0.204. The van der Waals surface area contributed by atoms with Gasteiger partial charge in [0.2, 0.25) is 0 Å². The molecule has 0 saturated carbocycles. The van der Waals surface area contributed by atoms with Gasteiger partial charge in [0.25, 0.3) is 0 Å². The Kier molecular flexibility index (Phi) is 4.89. The lowest BCUT2D eigenvalue weighted by Crippen LogP contribution is -2.53. The Labute approximate surface area is 183 Å². The van der Waals surface area contributed by atoms with E-state index in [1.165, 1.54) is 46.5 Å². The van der Waals surface area contributed by atoms with Gasteiger partial charge in [0.15, 0.2) is 23.0 Å². The Bertz CT molecular complexity index is 1170. The van der Waals surface area contributed by atoms with Crippen molar-refractivity contribution in [2.24, 2.45) is 0 Å². The number of hydrogen-bond acceptors (Lipinski definition) is 5. The van der Waals surface area contributed by atoms with Gasteiger partial charge in [-0.2, -0.15) is 0 Å². The normalized spacial score (nSPS) is 20.9. The molecule has 5 heteroatoms. The number of piperidine rings is 1. The molecule has 0 unspecified atom stereocenters. The quantitative estimate of drug-likeness (QED) is 0.533. The molecule has 5 rings (SSSR count). The molecule has 5 nitrogen and oxygen atoms in total. The zero-order chi connectivity index (χ0) is 21.8. The minimum absolute atomic E-state index is 0.204. The van der Waals surface area contributed by atoms with Crippen LogP contribution in [-0.4, -0.2) is 45.4 Å². The number of nitrogens with zero attached hydrogens (tertiary/aromatic N) is 1. The molecule has 0 spiro atoms. The highest BCUT2D eigenvalue weighted by molar-refractivity contribution is 6.13. The van der Waals surface area contributed by atoms with Crippen LogP contribution in [0.3, 0.4) is 0 Å². The van der Waals surface area contributed by atoms with Gasteiger partial charge in [-0.25, -0.2) is 0 Å². The van der Waals surface area contributed by atoms with Gasteiger partial charge in [-0.1, -0.05) is 6.42 Å². The van der Waals surface area contributed by atoms with Gasteiger partial charge in [-0.3, -0.25) is 4.90 Å². The molecule has 3 aromatic carbocycles. The monoisotopic (exact) mass is 421 g/mol. The average molecular weight is 422 g/mol. The summed E-state index contributed by atoms with van der Waals surface area (Å²) in [4.78, 5) is 2.68. The van der Waals surface area contributed by atoms with E-state index in [1.807, 2.05) is 0 Å². The van der Waals surface area contributed by atoms with Crippen molar-refractivity contribution in [3.63, 3.8) is 0 Å². The van der Waals surface area contributed by atoms with Gasteiger partial charge >= 0.3 is 0 Å². The van der Waals surface area contributed by atoms with E-state index < -0.39 is 0 Å². The number of methoxy groups -OCH3 is 4. The first-order valence-corrected chi connectivity index (χ1v) is 11.0. The molecule has 164 valence electrons. The fourth-order valence-corrected chi connectivity index (χ4v) is 5.69. The Morgan fingerprint density at radius 2 is 1.16 bits per heavy atom. The molecule has 0 radical (unpaired) electrons. The van der Waals surface area contributed by atoms with Gasteiger partial charge < -0.3 is 18.9 Å². The standard InChI is InChI=1S/C26H31NO4/c1-26-8-6-7-9-27(26)15-21-19-13-25(31-5)23(29-3)11-17(19)16-10-22(28-2)24(30-4)12-18(16)20(21)14-26/h10-13H,6-9,14-15H2,1-5H3/t26-/m1/s1. The van der Waals surface area contributed by atoms with Gasteiger partial charge in [0.1, 0.15) is 0 Å². The second-order valence-corrected chi connectivity index (χ2v) is 9.02. The first kappa shape index (κ1) is 20.3. The van der Waals surface area contributed by atoms with Crippen LogP contribution >= 0.6 is 0 Å². The number of ether oxygens (including phenoxy) is 4. The molecule has 1 atom stereocenters. The van der Waals surface area contributed by atoms with E-state index >= 15 is 0 Å². The van der Waals surface area contributed by atoms with Gasteiger partial charge in [0.05, 0.1) is 28.4 Å². The topological polar surface area (TPSA) is 40.2 Å². The summed E-state index contributed by atoms with van der Waals surface area (Å²) < 4.78 is 22.7. The summed E-state index contributed by atoms with van der Waals surface area (Å²) >= 11 is 0. The molecule has 1 saturated heterocycles. The van der Waals surface area contributed by atoms with Crippen LogP contribution in [0.1, 0.15) is 37.3 Å². The van der Waals surface area contributed by atoms with E-state index in [-0.39, 0.29) is 5.54 Å². The molecule has 2 aliphatic heterocycles. The third-order valence-electron chi connectivity index (χ3n) is 7.42. The van der Waals surface area contributed by atoms with Crippen LogP contribution in [-0.2, 0) is 13.0 Å². The van der Waals surface area contributed by atoms with E-state index in [9.17, 15) is 0 Å². The van der Waals surface area contributed by atoms with Crippen LogP contribution < -0.4 is 18.9 Å². The molecule has 31 heavy (non-hydrogen) atoms. The van der Waals surface area contributed by atoms with Crippen LogP contribution in [0.2, 0.25) is 0 Å².